The average Bonchev–Trinajstić information content (AvgIpc) is 2.59. The van der Waals surface area contributed by atoms with Crippen molar-refractivity contribution in [2.45, 2.75) is 12.6 Å². The second-order valence-corrected chi connectivity index (χ2v) is 6.13. The molecule has 0 fully saturated rings. The van der Waals surface area contributed by atoms with Crippen LogP contribution in [0.3, 0.4) is 0 Å². The molecule has 3 N–H and O–H groups in total. The molecule has 0 aliphatic rings. The summed E-state index contributed by atoms with van der Waals surface area (Å²) in [4.78, 5) is 13.8. The molecule has 24 heavy (non-hydrogen) atoms. The summed E-state index contributed by atoms with van der Waals surface area (Å²) in [6.45, 7) is 0.546. The fourth-order valence-electron chi connectivity index (χ4n) is 2.15. The zero-order chi connectivity index (χ0) is 17.5. The van der Waals surface area contributed by atoms with Crippen LogP contribution >= 0.6 is 11.6 Å². The minimum absolute atomic E-state index is 0.147. The van der Waals surface area contributed by atoms with Crippen molar-refractivity contribution in [2.24, 2.45) is 0 Å². The minimum Gasteiger partial charge on any atom is -0.387 e. The molecule has 0 heterocycles. The highest BCUT2D eigenvalue weighted by Crippen LogP contribution is 2.17. The molecule has 5 nitrogen and oxygen atoms in total. The second-order valence-electron chi connectivity index (χ2n) is 5.69. The number of rotatable bonds is 6. The number of nitrogens with one attached hydrogen (secondary N) is 2. The van der Waals surface area contributed by atoms with Crippen LogP contribution in [0.1, 0.15) is 17.2 Å². The number of nitrogens with zero attached hydrogens (tertiary/aromatic N) is 1. The molecular weight excluding hydrogens is 326 g/mol. The second kappa shape index (κ2) is 8.57. The lowest BCUT2D eigenvalue weighted by atomic mass is 10.1. The summed E-state index contributed by atoms with van der Waals surface area (Å²) in [5.41, 5.74) is 2.77. The van der Waals surface area contributed by atoms with Crippen LogP contribution in [0.4, 0.5) is 10.5 Å². The van der Waals surface area contributed by atoms with Gasteiger partial charge in [0.15, 0.2) is 0 Å². The van der Waals surface area contributed by atoms with E-state index in [0.29, 0.717) is 11.6 Å². The first-order valence-electron chi connectivity index (χ1n) is 7.67. The van der Waals surface area contributed by atoms with Gasteiger partial charge < -0.3 is 20.6 Å². The Labute approximate surface area is 147 Å². The molecule has 2 aromatic carbocycles. The Bertz CT molecular complexity index is 657. The Morgan fingerprint density at radius 2 is 1.71 bits per heavy atom. The lowest BCUT2D eigenvalue weighted by Gasteiger charge is -2.16. The Kier molecular flexibility index (Phi) is 6.46. The molecule has 128 valence electrons. The Morgan fingerprint density at radius 1 is 1.08 bits per heavy atom. The van der Waals surface area contributed by atoms with Gasteiger partial charge in [-0.25, -0.2) is 4.79 Å². The zero-order valence-electron chi connectivity index (χ0n) is 13.8. The standard InChI is InChI=1S/C18H22ClN3O2/c1-22(2)16-9-5-14(6-10-16)17(23)12-21-18(24)20-11-13-3-7-15(19)8-4-13/h3-10,17,23H,11-12H2,1-2H3,(H2,20,21,24). The monoisotopic (exact) mass is 347 g/mol. The minimum atomic E-state index is -0.748. The van der Waals surface area contributed by atoms with Crippen molar-refractivity contribution >= 4 is 23.3 Å². The summed E-state index contributed by atoms with van der Waals surface area (Å²) in [6.07, 6.45) is -0.748. The smallest absolute Gasteiger partial charge is 0.315 e. The van der Waals surface area contributed by atoms with Gasteiger partial charge in [0, 0.05) is 37.9 Å². The van der Waals surface area contributed by atoms with Crippen LogP contribution in [0.25, 0.3) is 0 Å². The fourth-order valence-corrected chi connectivity index (χ4v) is 2.27. The highest BCUT2D eigenvalue weighted by Gasteiger charge is 2.09. The van der Waals surface area contributed by atoms with E-state index in [1.807, 2.05) is 55.4 Å². The van der Waals surface area contributed by atoms with Crippen LogP contribution in [0.15, 0.2) is 48.5 Å². The maximum atomic E-state index is 11.8. The van der Waals surface area contributed by atoms with Crippen LogP contribution in [0.2, 0.25) is 5.02 Å². The van der Waals surface area contributed by atoms with Crippen molar-refractivity contribution in [3.05, 3.63) is 64.7 Å². The first kappa shape index (κ1) is 18.1. The molecule has 2 aromatic rings. The number of aliphatic hydroxyl groups is 1. The average molecular weight is 348 g/mol. The number of urea groups is 1. The molecule has 0 radical (unpaired) electrons. The van der Waals surface area contributed by atoms with E-state index in [-0.39, 0.29) is 12.6 Å². The fraction of sp³-hybridized carbons (Fsp3) is 0.278. The van der Waals surface area contributed by atoms with Crippen molar-refractivity contribution in [3.8, 4) is 0 Å². The molecule has 2 rings (SSSR count). The molecule has 0 aliphatic carbocycles. The van der Waals surface area contributed by atoms with Crippen molar-refractivity contribution < 1.29 is 9.90 Å². The Morgan fingerprint density at radius 3 is 2.29 bits per heavy atom. The number of hydrogen-bond donors (Lipinski definition) is 3. The molecule has 1 atom stereocenters. The summed E-state index contributed by atoms with van der Waals surface area (Å²) >= 11 is 5.81. The quantitative estimate of drug-likeness (QED) is 0.752. The van der Waals surface area contributed by atoms with E-state index in [4.69, 9.17) is 11.6 Å². The van der Waals surface area contributed by atoms with Gasteiger partial charge in [0.25, 0.3) is 0 Å². The molecule has 0 aromatic heterocycles. The number of benzene rings is 2. The van der Waals surface area contributed by atoms with E-state index in [1.54, 1.807) is 12.1 Å². The summed E-state index contributed by atoms with van der Waals surface area (Å²) in [5, 5.41) is 16.2. The van der Waals surface area contributed by atoms with E-state index in [0.717, 1.165) is 16.8 Å². The van der Waals surface area contributed by atoms with Gasteiger partial charge in [-0.1, -0.05) is 35.9 Å². The van der Waals surface area contributed by atoms with Crippen LogP contribution < -0.4 is 15.5 Å². The lowest BCUT2D eigenvalue weighted by molar-refractivity contribution is 0.173. The van der Waals surface area contributed by atoms with E-state index < -0.39 is 6.10 Å². The predicted molar refractivity (Wildman–Crippen MR) is 97.4 cm³/mol. The molecule has 0 saturated carbocycles. The molecule has 1 unspecified atom stereocenters. The number of halogens is 1. The first-order valence-corrected chi connectivity index (χ1v) is 8.05. The largest absolute Gasteiger partial charge is 0.387 e. The molecule has 6 heteroatoms. The third kappa shape index (κ3) is 5.44. The summed E-state index contributed by atoms with van der Waals surface area (Å²) in [6, 6.07) is 14.5. The number of hydrogen-bond acceptors (Lipinski definition) is 3. The van der Waals surface area contributed by atoms with Crippen molar-refractivity contribution in [2.75, 3.05) is 25.5 Å². The normalized spacial score (nSPS) is 11.7. The van der Waals surface area contributed by atoms with Crippen LogP contribution in [0, 0.1) is 0 Å². The highest BCUT2D eigenvalue weighted by molar-refractivity contribution is 6.30. The van der Waals surface area contributed by atoms with Crippen LogP contribution in [0.5, 0.6) is 0 Å². The molecule has 0 aliphatic heterocycles. The third-order valence-electron chi connectivity index (χ3n) is 3.62. The van der Waals surface area contributed by atoms with Gasteiger partial charge in [0.05, 0.1) is 6.10 Å². The summed E-state index contributed by atoms with van der Waals surface area (Å²) < 4.78 is 0. The topological polar surface area (TPSA) is 64.6 Å². The zero-order valence-corrected chi connectivity index (χ0v) is 14.5. The van der Waals surface area contributed by atoms with Gasteiger partial charge in [-0.15, -0.1) is 0 Å². The van der Waals surface area contributed by atoms with Crippen molar-refractivity contribution in [1.82, 2.24) is 10.6 Å². The van der Waals surface area contributed by atoms with Crippen molar-refractivity contribution in [3.63, 3.8) is 0 Å². The summed E-state index contributed by atoms with van der Waals surface area (Å²) in [7, 11) is 3.91. The number of amides is 2. The first-order chi connectivity index (χ1) is 11.5. The van der Waals surface area contributed by atoms with Crippen LogP contribution in [-0.2, 0) is 6.54 Å². The molecular formula is C18H22ClN3O2. The molecule has 0 saturated heterocycles. The van der Waals surface area contributed by atoms with E-state index in [9.17, 15) is 9.90 Å². The van der Waals surface area contributed by atoms with Gasteiger partial charge in [-0.2, -0.15) is 0 Å². The Balaban J connectivity index is 1.77. The lowest BCUT2D eigenvalue weighted by Crippen LogP contribution is -2.37. The van der Waals surface area contributed by atoms with Gasteiger partial charge >= 0.3 is 6.03 Å². The third-order valence-corrected chi connectivity index (χ3v) is 3.87. The number of carbonyl (C=O) groups excluding carboxylic acids is 1. The number of aliphatic hydroxyl groups excluding tert-OH is 1. The van der Waals surface area contributed by atoms with Gasteiger partial charge in [-0.3, -0.25) is 0 Å². The number of anilines is 1. The van der Waals surface area contributed by atoms with E-state index in [1.165, 1.54) is 0 Å². The molecule has 2 amide bonds. The Hall–Kier alpha value is -2.24. The predicted octanol–water partition coefficient (Wildman–Crippen LogP) is 2.94. The SMILES string of the molecule is CN(C)c1ccc(C(O)CNC(=O)NCc2ccc(Cl)cc2)cc1. The molecule has 0 bridgehead atoms. The molecule has 0 spiro atoms. The van der Waals surface area contributed by atoms with Gasteiger partial charge in [0.1, 0.15) is 0 Å². The van der Waals surface area contributed by atoms with Gasteiger partial charge in [-0.05, 0) is 35.4 Å². The van der Waals surface area contributed by atoms with E-state index >= 15 is 0 Å². The van der Waals surface area contributed by atoms with Crippen molar-refractivity contribution in [1.29, 1.82) is 0 Å². The maximum absolute atomic E-state index is 11.8. The number of carbonyl (C=O) groups is 1. The maximum Gasteiger partial charge on any atom is 0.315 e. The van der Waals surface area contributed by atoms with Gasteiger partial charge in [0.2, 0.25) is 0 Å². The van der Waals surface area contributed by atoms with E-state index in [2.05, 4.69) is 10.6 Å². The van der Waals surface area contributed by atoms with Crippen LogP contribution in [-0.4, -0.2) is 31.8 Å². The summed E-state index contributed by atoms with van der Waals surface area (Å²) in [5.74, 6) is 0. The highest BCUT2D eigenvalue weighted by atomic mass is 35.5.